The molecule has 5 aromatic rings. The number of nitrogens with zero attached hydrogens (tertiary/aromatic N) is 6. The Hall–Kier alpha value is -5.78. The van der Waals surface area contributed by atoms with Crippen LogP contribution in [-0.4, -0.2) is 88.8 Å². The lowest BCUT2D eigenvalue weighted by Gasteiger charge is -2.19. The summed E-state index contributed by atoms with van der Waals surface area (Å²) in [5, 5.41) is 0. The molecule has 0 bridgehead atoms. The largest absolute Gasteiger partial charge is 0.493 e. The van der Waals surface area contributed by atoms with Crippen LogP contribution in [0.1, 0.15) is 25.7 Å². The first kappa shape index (κ1) is 34.7. The number of anilines is 2. The van der Waals surface area contributed by atoms with Crippen LogP contribution in [0, 0.1) is 0 Å². The van der Waals surface area contributed by atoms with Crippen LogP contribution in [0.25, 0.3) is 45.0 Å². The number of methoxy groups -OCH3 is 6. The van der Waals surface area contributed by atoms with Gasteiger partial charge in [0.25, 0.3) is 0 Å². The first-order chi connectivity index (χ1) is 25.5. The van der Waals surface area contributed by atoms with Crippen LogP contribution < -0.4 is 38.2 Å². The molecular weight excluding hydrogens is 660 g/mol. The highest BCUT2D eigenvalue weighted by atomic mass is 16.5. The topological polar surface area (TPSA) is 113 Å². The van der Waals surface area contributed by atoms with E-state index in [1.165, 1.54) is 0 Å². The zero-order chi connectivity index (χ0) is 36.2. The SMILES string of the molecule is COc1cc(-c2cc(-c3cccc(-c4cc(-c5cc(OC)c(OC)c(OC)c5)nc(N5CCCC5)n4)c3)nc(N3CCCC3)n2)cc(OC)c1OC. The third kappa shape index (κ3) is 6.80. The fourth-order valence-electron chi connectivity index (χ4n) is 6.87. The van der Waals surface area contributed by atoms with Crippen molar-refractivity contribution in [2.75, 3.05) is 78.6 Å². The van der Waals surface area contributed by atoms with Gasteiger partial charge >= 0.3 is 0 Å². The lowest BCUT2D eigenvalue weighted by Crippen LogP contribution is -2.21. The average molecular weight is 705 g/mol. The Morgan fingerprint density at radius 3 is 1.04 bits per heavy atom. The quantitative estimate of drug-likeness (QED) is 0.131. The van der Waals surface area contributed by atoms with Gasteiger partial charge in [-0.1, -0.05) is 18.2 Å². The van der Waals surface area contributed by atoms with Gasteiger partial charge in [0.1, 0.15) is 0 Å². The normalized spacial score (nSPS) is 14.0. The summed E-state index contributed by atoms with van der Waals surface area (Å²) in [5.41, 5.74) is 6.61. The van der Waals surface area contributed by atoms with Crippen molar-refractivity contribution in [3.63, 3.8) is 0 Å². The van der Waals surface area contributed by atoms with Gasteiger partial charge in [-0.2, -0.15) is 0 Å². The molecule has 0 atom stereocenters. The van der Waals surface area contributed by atoms with Crippen molar-refractivity contribution >= 4 is 11.9 Å². The second kappa shape index (κ2) is 15.2. The molecule has 0 amide bonds. The molecule has 270 valence electrons. The minimum Gasteiger partial charge on any atom is -0.493 e. The Kier molecular flexibility index (Phi) is 10.1. The van der Waals surface area contributed by atoms with Gasteiger partial charge in [-0.05, 0) is 68.1 Å². The summed E-state index contributed by atoms with van der Waals surface area (Å²) in [6.45, 7) is 3.62. The Bertz CT molecular complexity index is 1870. The summed E-state index contributed by atoms with van der Waals surface area (Å²) in [7, 11) is 9.65. The molecule has 2 aromatic heterocycles. The van der Waals surface area contributed by atoms with Crippen molar-refractivity contribution in [2.24, 2.45) is 0 Å². The van der Waals surface area contributed by atoms with Crippen molar-refractivity contribution in [2.45, 2.75) is 25.7 Å². The Morgan fingerprint density at radius 1 is 0.404 bits per heavy atom. The molecule has 0 radical (unpaired) electrons. The highest BCUT2D eigenvalue weighted by Gasteiger charge is 2.23. The number of benzene rings is 3. The molecule has 0 N–H and O–H groups in total. The van der Waals surface area contributed by atoms with E-state index in [-0.39, 0.29) is 0 Å². The van der Waals surface area contributed by atoms with Crippen LogP contribution in [0.15, 0.2) is 60.7 Å². The van der Waals surface area contributed by atoms with Crippen molar-refractivity contribution < 1.29 is 28.4 Å². The van der Waals surface area contributed by atoms with E-state index < -0.39 is 0 Å². The van der Waals surface area contributed by atoms with Gasteiger partial charge < -0.3 is 38.2 Å². The minimum atomic E-state index is 0.527. The zero-order valence-corrected chi connectivity index (χ0v) is 30.6. The molecule has 2 aliphatic heterocycles. The van der Waals surface area contributed by atoms with Crippen LogP contribution in [0.2, 0.25) is 0 Å². The van der Waals surface area contributed by atoms with Crippen molar-refractivity contribution in [1.29, 1.82) is 0 Å². The molecule has 0 aliphatic carbocycles. The highest BCUT2D eigenvalue weighted by Crippen LogP contribution is 2.43. The molecule has 0 spiro atoms. The number of rotatable bonds is 12. The molecular formula is C40H44N6O6. The summed E-state index contributed by atoms with van der Waals surface area (Å²) < 4.78 is 33.9. The molecule has 2 saturated heterocycles. The maximum Gasteiger partial charge on any atom is 0.226 e. The van der Waals surface area contributed by atoms with Crippen LogP contribution in [0.3, 0.4) is 0 Å². The van der Waals surface area contributed by atoms with Crippen LogP contribution in [0.4, 0.5) is 11.9 Å². The van der Waals surface area contributed by atoms with E-state index in [4.69, 9.17) is 48.4 Å². The number of hydrogen-bond acceptors (Lipinski definition) is 12. The molecule has 52 heavy (non-hydrogen) atoms. The van der Waals surface area contributed by atoms with Crippen LogP contribution >= 0.6 is 0 Å². The average Bonchev–Trinajstić information content (AvgIpc) is 3.96. The van der Waals surface area contributed by atoms with Crippen molar-refractivity contribution in [1.82, 2.24) is 19.9 Å². The van der Waals surface area contributed by atoms with E-state index in [0.717, 1.165) is 96.9 Å². The molecule has 4 heterocycles. The summed E-state index contributed by atoms with van der Waals surface area (Å²) in [6, 6.07) is 20.0. The third-order valence-corrected chi connectivity index (χ3v) is 9.58. The minimum absolute atomic E-state index is 0.527. The number of ether oxygens (including phenoxy) is 6. The van der Waals surface area contributed by atoms with Gasteiger partial charge in [0.15, 0.2) is 23.0 Å². The first-order valence-electron chi connectivity index (χ1n) is 17.5. The Labute approximate surface area is 304 Å². The molecule has 2 aliphatic rings. The van der Waals surface area contributed by atoms with E-state index in [2.05, 4.69) is 28.0 Å². The summed E-state index contributed by atoms with van der Waals surface area (Å²) in [5.74, 6) is 4.66. The standard InChI is InChI=1S/C40H44N6O6/c1-47-33-19-27(20-34(48-2)37(33)51-5)31-23-29(41-39(43-31)45-14-7-8-15-45)25-12-11-13-26(18-25)30-24-32(44-40(42-30)46-16-9-10-17-46)28-21-35(49-3)38(52-6)36(22-28)50-4/h11-13,18-24H,7-10,14-17H2,1-6H3. The summed E-state index contributed by atoms with van der Waals surface area (Å²) in [6.07, 6.45) is 4.40. The third-order valence-electron chi connectivity index (χ3n) is 9.58. The van der Waals surface area contributed by atoms with Gasteiger partial charge in [0.2, 0.25) is 23.4 Å². The number of hydrogen-bond donors (Lipinski definition) is 0. The molecule has 0 unspecified atom stereocenters. The molecule has 3 aromatic carbocycles. The van der Waals surface area contributed by atoms with E-state index in [9.17, 15) is 0 Å². The predicted molar refractivity (Wildman–Crippen MR) is 202 cm³/mol. The monoisotopic (exact) mass is 704 g/mol. The lowest BCUT2D eigenvalue weighted by atomic mass is 10.0. The Balaban J connectivity index is 1.35. The van der Waals surface area contributed by atoms with Gasteiger partial charge in [-0.3, -0.25) is 0 Å². The van der Waals surface area contributed by atoms with Gasteiger partial charge in [0, 0.05) is 48.4 Å². The maximum atomic E-state index is 5.68. The molecule has 0 saturated carbocycles. The second-order valence-corrected chi connectivity index (χ2v) is 12.7. The smallest absolute Gasteiger partial charge is 0.226 e. The molecule has 2 fully saturated rings. The van der Waals surface area contributed by atoms with E-state index in [1.807, 2.05) is 42.5 Å². The lowest BCUT2D eigenvalue weighted by molar-refractivity contribution is 0.324. The predicted octanol–water partition coefficient (Wildman–Crippen LogP) is 7.19. The molecule has 12 heteroatoms. The summed E-state index contributed by atoms with van der Waals surface area (Å²) in [4.78, 5) is 24.8. The van der Waals surface area contributed by atoms with Crippen LogP contribution in [-0.2, 0) is 0 Å². The fourth-order valence-corrected chi connectivity index (χ4v) is 6.87. The number of aromatic nitrogens is 4. The second-order valence-electron chi connectivity index (χ2n) is 12.7. The molecule has 12 nitrogen and oxygen atoms in total. The van der Waals surface area contributed by atoms with Gasteiger partial charge in [-0.15, -0.1) is 0 Å². The van der Waals surface area contributed by atoms with Crippen molar-refractivity contribution in [3.05, 3.63) is 60.7 Å². The van der Waals surface area contributed by atoms with E-state index >= 15 is 0 Å². The van der Waals surface area contributed by atoms with E-state index in [1.54, 1.807) is 42.7 Å². The maximum absolute atomic E-state index is 5.68. The fraction of sp³-hybridized carbons (Fsp3) is 0.350. The van der Waals surface area contributed by atoms with Crippen LogP contribution in [0.5, 0.6) is 34.5 Å². The summed E-state index contributed by atoms with van der Waals surface area (Å²) >= 11 is 0. The van der Waals surface area contributed by atoms with Gasteiger partial charge in [-0.25, -0.2) is 19.9 Å². The zero-order valence-electron chi connectivity index (χ0n) is 30.6. The first-order valence-corrected chi connectivity index (χ1v) is 17.5. The molecule has 7 rings (SSSR count). The Morgan fingerprint density at radius 2 is 0.731 bits per heavy atom. The van der Waals surface area contributed by atoms with Gasteiger partial charge in [0.05, 0.1) is 65.4 Å². The van der Waals surface area contributed by atoms with E-state index in [0.29, 0.717) is 46.4 Å². The van der Waals surface area contributed by atoms with Crippen molar-refractivity contribution in [3.8, 4) is 79.5 Å². The highest BCUT2D eigenvalue weighted by molar-refractivity contribution is 5.78.